The van der Waals surface area contributed by atoms with Crippen LogP contribution in [0.5, 0.6) is 0 Å². The lowest BCUT2D eigenvalue weighted by atomic mass is 10.0. The Kier molecular flexibility index (Phi) is 2.85. The summed E-state index contributed by atoms with van der Waals surface area (Å²) in [6, 6.07) is 0. The van der Waals surface area contributed by atoms with Crippen molar-refractivity contribution in [1.82, 2.24) is 0 Å². The quantitative estimate of drug-likeness (QED) is 0.687. The molecule has 3 nitrogen and oxygen atoms in total. The van der Waals surface area contributed by atoms with Crippen molar-refractivity contribution in [3.05, 3.63) is 0 Å². The van der Waals surface area contributed by atoms with Gasteiger partial charge in [-0.15, -0.1) is 0 Å². The molecular formula is C9H16O3. The van der Waals surface area contributed by atoms with E-state index in [-0.39, 0.29) is 18.5 Å². The van der Waals surface area contributed by atoms with Gasteiger partial charge in [0.2, 0.25) is 0 Å². The van der Waals surface area contributed by atoms with Gasteiger partial charge < -0.3 is 9.84 Å². The summed E-state index contributed by atoms with van der Waals surface area (Å²) in [6.07, 6.45) is 2.03. The monoisotopic (exact) mass is 172 g/mol. The molecule has 0 saturated carbocycles. The molecule has 1 heterocycles. The van der Waals surface area contributed by atoms with Crippen LogP contribution in [0.15, 0.2) is 0 Å². The summed E-state index contributed by atoms with van der Waals surface area (Å²) >= 11 is 0. The summed E-state index contributed by atoms with van der Waals surface area (Å²) in [5, 5.41) is 8.58. The molecule has 0 spiro atoms. The van der Waals surface area contributed by atoms with Crippen LogP contribution in [0.1, 0.15) is 33.1 Å². The van der Waals surface area contributed by atoms with Crippen molar-refractivity contribution in [2.24, 2.45) is 0 Å². The topological polar surface area (TPSA) is 46.5 Å². The highest BCUT2D eigenvalue weighted by atomic mass is 16.5. The van der Waals surface area contributed by atoms with Crippen LogP contribution in [0.25, 0.3) is 0 Å². The molecule has 0 aromatic rings. The van der Waals surface area contributed by atoms with Crippen LogP contribution in [-0.2, 0) is 9.53 Å². The van der Waals surface area contributed by atoms with Crippen LogP contribution < -0.4 is 0 Å². The molecule has 70 valence electrons. The predicted molar refractivity (Wildman–Crippen MR) is 44.9 cm³/mol. The molecule has 0 radical (unpaired) electrons. The fraction of sp³-hybridized carbons (Fsp3) is 0.889. The van der Waals surface area contributed by atoms with Crippen LogP contribution >= 0.6 is 0 Å². The lowest BCUT2D eigenvalue weighted by Crippen LogP contribution is -2.27. The van der Waals surface area contributed by atoms with E-state index in [1.54, 1.807) is 13.8 Å². The number of carbonyl (C=O) groups excluding carboxylic acids is 1. The molecule has 0 aromatic heterocycles. The van der Waals surface area contributed by atoms with E-state index in [9.17, 15) is 4.79 Å². The van der Waals surface area contributed by atoms with Crippen molar-refractivity contribution < 1.29 is 14.6 Å². The third-order valence-corrected chi connectivity index (χ3v) is 2.23. The molecule has 3 heteroatoms. The van der Waals surface area contributed by atoms with Crippen LogP contribution in [0, 0.1) is 0 Å². The van der Waals surface area contributed by atoms with Gasteiger partial charge in [-0.05, 0) is 26.7 Å². The van der Waals surface area contributed by atoms with Crippen molar-refractivity contribution in [2.45, 2.75) is 44.8 Å². The van der Waals surface area contributed by atoms with Crippen LogP contribution in [0.3, 0.4) is 0 Å². The summed E-state index contributed by atoms with van der Waals surface area (Å²) in [5.41, 5.74) is -0.597. The zero-order valence-corrected chi connectivity index (χ0v) is 7.67. The van der Waals surface area contributed by atoms with E-state index in [1.165, 1.54) is 0 Å². The van der Waals surface area contributed by atoms with Gasteiger partial charge in [0.05, 0.1) is 6.10 Å². The average molecular weight is 172 g/mol. The lowest BCUT2D eigenvalue weighted by Gasteiger charge is -2.16. The number of hydrogen-bond donors (Lipinski definition) is 1. The van der Waals surface area contributed by atoms with Gasteiger partial charge in [-0.25, -0.2) is 0 Å². The second-order valence-corrected chi connectivity index (χ2v) is 3.74. The minimum absolute atomic E-state index is 0.0275. The number of aliphatic hydroxyl groups excluding tert-OH is 1. The van der Waals surface area contributed by atoms with E-state index in [0.29, 0.717) is 12.8 Å². The molecule has 0 amide bonds. The molecule has 1 rings (SSSR count). The van der Waals surface area contributed by atoms with Gasteiger partial charge in [0, 0.05) is 13.0 Å². The first-order valence-electron chi connectivity index (χ1n) is 4.38. The number of carbonyl (C=O) groups is 1. The van der Waals surface area contributed by atoms with Crippen molar-refractivity contribution in [1.29, 1.82) is 0 Å². The first-order valence-corrected chi connectivity index (χ1v) is 4.38. The highest BCUT2D eigenvalue weighted by Crippen LogP contribution is 2.28. The molecule has 0 aliphatic carbocycles. The van der Waals surface area contributed by atoms with Gasteiger partial charge in [0.15, 0.2) is 5.78 Å². The molecule has 1 saturated heterocycles. The van der Waals surface area contributed by atoms with E-state index >= 15 is 0 Å². The Balaban J connectivity index is 2.39. The summed E-state index contributed by atoms with van der Waals surface area (Å²) in [5.74, 6) is 0.172. The second-order valence-electron chi connectivity index (χ2n) is 3.74. The molecule has 0 bridgehead atoms. The average Bonchev–Trinajstić information content (AvgIpc) is 2.22. The maximum absolute atomic E-state index is 11.3. The standard InChI is InChI=1S/C9H16O3/c1-9(2)8(11)6-7(12-9)4-3-5-10/h7,10H,3-6H2,1-2H3. The van der Waals surface area contributed by atoms with E-state index < -0.39 is 5.60 Å². The second kappa shape index (κ2) is 3.54. The fourth-order valence-electron chi connectivity index (χ4n) is 1.46. The molecule has 1 unspecified atom stereocenters. The number of ether oxygens (including phenoxy) is 1. The first kappa shape index (κ1) is 9.68. The third kappa shape index (κ3) is 2.05. The van der Waals surface area contributed by atoms with Crippen molar-refractivity contribution >= 4 is 5.78 Å². The van der Waals surface area contributed by atoms with Crippen LogP contribution in [0.2, 0.25) is 0 Å². The first-order chi connectivity index (χ1) is 5.56. The van der Waals surface area contributed by atoms with Gasteiger partial charge >= 0.3 is 0 Å². The number of ketones is 1. The number of Topliss-reactive ketones (excluding diaryl/α,β-unsaturated/α-hetero) is 1. The third-order valence-electron chi connectivity index (χ3n) is 2.23. The van der Waals surface area contributed by atoms with Crippen molar-refractivity contribution in [3.63, 3.8) is 0 Å². The summed E-state index contributed by atoms with van der Waals surface area (Å²) in [4.78, 5) is 11.3. The summed E-state index contributed by atoms with van der Waals surface area (Å²) in [6.45, 7) is 3.77. The van der Waals surface area contributed by atoms with Gasteiger partial charge in [-0.3, -0.25) is 4.79 Å². The van der Waals surface area contributed by atoms with E-state index in [4.69, 9.17) is 9.84 Å². The number of aliphatic hydroxyl groups is 1. The van der Waals surface area contributed by atoms with Crippen molar-refractivity contribution in [3.8, 4) is 0 Å². The zero-order valence-electron chi connectivity index (χ0n) is 7.67. The largest absolute Gasteiger partial charge is 0.396 e. The number of rotatable bonds is 3. The Morgan fingerprint density at radius 2 is 2.33 bits per heavy atom. The van der Waals surface area contributed by atoms with Gasteiger partial charge in [0.1, 0.15) is 5.60 Å². The summed E-state index contributed by atoms with van der Waals surface area (Å²) in [7, 11) is 0. The van der Waals surface area contributed by atoms with Gasteiger partial charge in [-0.1, -0.05) is 0 Å². The van der Waals surface area contributed by atoms with Crippen LogP contribution in [-0.4, -0.2) is 29.2 Å². The minimum atomic E-state index is -0.597. The Morgan fingerprint density at radius 1 is 1.67 bits per heavy atom. The minimum Gasteiger partial charge on any atom is -0.396 e. The van der Waals surface area contributed by atoms with Gasteiger partial charge in [-0.2, -0.15) is 0 Å². The number of hydrogen-bond acceptors (Lipinski definition) is 3. The smallest absolute Gasteiger partial charge is 0.166 e. The maximum Gasteiger partial charge on any atom is 0.166 e. The molecular weight excluding hydrogens is 156 g/mol. The molecule has 1 fully saturated rings. The van der Waals surface area contributed by atoms with Crippen LogP contribution in [0.4, 0.5) is 0 Å². The SMILES string of the molecule is CC1(C)OC(CCCO)CC1=O. The molecule has 0 aromatic carbocycles. The fourth-order valence-corrected chi connectivity index (χ4v) is 1.46. The molecule has 1 aliphatic rings. The van der Waals surface area contributed by atoms with E-state index in [0.717, 1.165) is 6.42 Å². The lowest BCUT2D eigenvalue weighted by molar-refractivity contribution is -0.129. The van der Waals surface area contributed by atoms with Crippen molar-refractivity contribution in [2.75, 3.05) is 6.61 Å². The molecule has 1 N–H and O–H groups in total. The Labute approximate surface area is 72.7 Å². The molecule has 1 aliphatic heterocycles. The predicted octanol–water partition coefficient (Wildman–Crippen LogP) is 0.895. The highest BCUT2D eigenvalue weighted by Gasteiger charge is 2.39. The Morgan fingerprint density at radius 3 is 2.75 bits per heavy atom. The van der Waals surface area contributed by atoms with E-state index in [1.807, 2.05) is 0 Å². The Bertz CT molecular complexity index is 175. The summed E-state index contributed by atoms with van der Waals surface area (Å²) < 4.78 is 5.50. The zero-order chi connectivity index (χ0) is 9.19. The Hall–Kier alpha value is -0.410. The molecule has 12 heavy (non-hydrogen) atoms. The maximum atomic E-state index is 11.3. The van der Waals surface area contributed by atoms with E-state index in [2.05, 4.69) is 0 Å². The van der Waals surface area contributed by atoms with Gasteiger partial charge in [0.25, 0.3) is 0 Å². The molecule has 1 atom stereocenters. The normalized spacial score (nSPS) is 27.9. The highest BCUT2D eigenvalue weighted by molar-refractivity contribution is 5.88.